The van der Waals surface area contributed by atoms with Gasteiger partial charge in [0.25, 0.3) is 5.91 Å². The van der Waals surface area contributed by atoms with E-state index in [9.17, 15) is 4.79 Å². The summed E-state index contributed by atoms with van der Waals surface area (Å²) in [6.07, 6.45) is 0.366. The van der Waals surface area contributed by atoms with Gasteiger partial charge in [-0.3, -0.25) is 4.79 Å². The lowest BCUT2D eigenvalue weighted by Crippen LogP contribution is -2.56. The van der Waals surface area contributed by atoms with E-state index in [0.29, 0.717) is 18.9 Å². The van der Waals surface area contributed by atoms with Gasteiger partial charge in [-0.05, 0) is 18.2 Å². The van der Waals surface area contributed by atoms with Crippen LogP contribution in [0.15, 0.2) is 24.3 Å². The van der Waals surface area contributed by atoms with E-state index in [4.69, 9.17) is 10.5 Å². The molecule has 0 saturated carbocycles. The predicted molar refractivity (Wildman–Crippen MR) is 63.7 cm³/mol. The van der Waals surface area contributed by atoms with Crippen LogP contribution in [0.3, 0.4) is 0 Å². The van der Waals surface area contributed by atoms with Crippen LogP contribution < -0.4 is 10.5 Å². The zero-order chi connectivity index (χ0) is 11.8. The van der Waals surface area contributed by atoms with Crippen molar-refractivity contribution in [2.24, 2.45) is 11.7 Å². The number of para-hydroxylation sites is 1. The van der Waals surface area contributed by atoms with Crippen molar-refractivity contribution in [2.75, 3.05) is 19.6 Å². The van der Waals surface area contributed by atoms with E-state index in [-0.39, 0.29) is 12.0 Å². The first-order valence-corrected chi connectivity index (χ1v) is 6.01. The molecule has 1 saturated heterocycles. The van der Waals surface area contributed by atoms with Crippen molar-refractivity contribution in [1.82, 2.24) is 4.90 Å². The summed E-state index contributed by atoms with van der Waals surface area (Å²) in [6.45, 7) is 2.23. The van der Waals surface area contributed by atoms with Crippen molar-refractivity contribution in [3.8, 4) is 5.75 Å². The molecule has 4 nitrogen and oxygen atoms in total. The van der Waals surface area contributed by atoms with E-state index >= 15 is 0 Å². The lowest BCUT2D eigenvalue weighted by molar-refractivity contribution is -0.144. The van der Waals surface area contributed by atoms with Gasteiger partial charge < -0.3 is 15.4 Å². The Bertz CT molecular complexity index is 416. The quantitative estimate of drug-likeness (QED) is 0.803. The summed E-state index contributed by atoms with van der Waals surface area (Å²) in [7, 11) is 0. The van der Waals surface area contributed by atoms with Crippen LogP contribution in [0.1, 0.15) is 5.56 Å². The number of carbonyl (C=O) groups excluding carboxylic acids is 1. The molecule has 2 aliphatic rings. The molecule has 90 valence electrons. The smallest absolute Gasteiger partial charge is 0.264 e. The third-order valence-corrected chi connectivity index (χ3v) is 3.52. The van der Waals surface area contributed by atoms with E-state index in [1.54, 1.807) is 0 Å². The molecule has 1 aromatic rings. The highest BCUT2D eigenvalue weighted by Gasteiger charge is 2.37. The van der Waals surface area contributed by atoms with Crippen molar-refractivity contribution in [1.29, 1.82) is 0 Å². The second-order valence-electron chi connectivity index (χ2n) is 4.76. The van der Waals surface area contributed by atoms with Crippen molar-refractivity contribution in [3.05, 3.63) is 29.8 Å². The van der Waals surface area contributed by atoms with Crippen LogP contribution in [-0.2, 0) is 11.2 Å². The number of nitrogens with zero attached hydrogens (tertiary/aromatic N) is 1. The van der Waals surface area contributed by atoms with Crippen LogP contribution >= 0.6 is 0 Å². The van der Waals surface area contributed by atoms with Gasteiger partial charge in [0, 0.05) is 25.4 Å². The van der Waals surface area contributed by atoms with Gasteiger partial charge in [0.05, 0.1) is 0 Å². The molecule has 1 unspecified atom stereocenters. The number of amides is 1. The Hall–Kier alpha value is -1.55. The molecule has 2 N–H and O–H groups in total. The summed E-state index contributed by atoms with van der Waals surface area (Å²) in [4.78, 5) is 14.0. The molecule has 0 radical (unpaired) electrons. The van der Waals surface area contributed by atoms with Gasteiger partial charge in [-0.2, -0.15) is 0 Å². The van der Waals surface area contributed by atoms with Crippen LogP contribution in [0.5, 0.6) is 5.75 Å². The Morgan fingerprint density at radius 3 is 2.88 bits per heavy atom. The zero-order valence-corrected chi connectivity index (χ0v) is 9.63. The average Bonchev–Trinajstić information content (AvgIpc) is 2.71. The minimum Gasteiger partial charge on any atom is -0.480 e. The Morgan fingerprint density at radius 2 is 2.18 bits per heavy atom. The maximum atomic E-state index is 12.1. The Kier molecular flexibility index (Phi) is 2.52. The molecule has 3 rings (SSSR count). The SMILES string of the molecule is NCC1CN(C(=O)C2Cc3ccccc3O2)C1. The first kappa shape index (κ1) is 10.6. The molecule has 0 bridgehead atoms. The molecule has 1 atom stereocenters. The van der Waals surface area contributed by atoms with Crippen LogP contribution in [0.25, 0.3) is 0 Å². The maximum Gasteiger partial charge on any atom is 0.264 e. The molecule has 1 fully saturated rings. The number of benzene rings is 1. The molecule has 1 amide bonds. The molecule has 4 heteroatoms. The molecular formula is C13H16N2O2. The van der Waals surface area contributed by atoms with Crippen LogP contribution in [0.2, 0.25) is 0 Å². The van der Waals surface area contributed by atoms with E-state index < -0.39 is 0 Å². The number of carbonyl (C=O) groups is 1. The number of hydrogen-bond acceptors (Lipinski definition) is 3. The summed E-state index contributed by atoms with van der Waals surface area (Å²) in [5, 5.41) is 0. The highest BCUT2D eigenvalue weighted by molar-refractivity contribution is 5.83. The van der Waals surface area contributed by atoms with Gasteiger partial charge in [0.15, 0.2) is 6.10 Å². The van der Waals surface area contributed by atoms with Crippen molar-refractivity contribution >= 4 is 5.91 Å². The van der Waals surface area contributed by atoms with Gasteiger partial charge >= 0.3 is 0 Å². The highest BCUT2D eigenvalue weighted by atomic mass is 16.5. The summed E-state index contributed by atoms with van der Waals surface area (Å²) >= 11 is 0. The fourth-order valence-corrected chi connectivity index (χ4v) is 2.42. The largest absolute Gasteiger partial charge is 0.480 e. The summed E-state index contributed by atoms with van der Waals surface area (Å²) in [5.74, 6) is 1.43. The average molecular weight is 232 g/mol. The van der Waals surface area contributed by atoms with Gasteiger partial charge in [0.2, 0.25) is 0 Å². The molecule has 2 heterocycles. The maximum absolute atomic E-state index is 12.1. The van der Waals surface area contributed by atoms with E-state index in [2.05, 4.69) is 0 Å². The van der Waals surface area contributed by atoms with Crippen LogP contribution in [0.4, 0.5) is 0 Å². The highest BCUT2D eigenvalue weighted by Crippen LogP contribution is 2.30. The summed E-state index contributed by atoms with van der Waals surface area (Å²) < 4.78 is 5.67. The first-order chi connectivity index (χ1) is 8.28. The number of ether oxygens (including phenoxy) is 1. The van der Waals surface area contributed by atoms with E-state index in [1.165, 1.54) is 0 Å². The number of likely N-dealkylation sites (tertiary alicyclic amines) is 1. The summed E-state index contributed by atoms with van der Waals surface area (Å²) in [5.41, 5.74) is 6.68. The molecule has 2 aliphatic heterocycles. The number of nitrogens with two attached hydrogens (primary N) is 1. The molecular weight excluding hydrogens is 216 g/mol. The van der Waals surface area contributed by atoms with E-state index in [0.717, 1.165) is 24.4 Å². The number of rotatable bonds is 2. The molecule has 17 heavy (non-hydrogen) atoms. The number of fused-ring (bicyclic) bond motifs is 1. The minimum atomic E-state index is -0.328. The lowest BCUT2D eigenvalue weighted by Gasteiger charge is -2.39. The Balaban J connectivity index is 1.63. The fourth-order valence-electron chi connectivity index (χ4n) is 2.42. The molecule has 1 aromatic carbocycles. The minimum absolute atomic E-state index is 0.103. The standard InChI is InChI=1S/C13H16N2O2/c14-6-9-7-15(8-9)13(16)12-5-10-3-1-2-4-11(10)17-12/h1-4,9,12H,5-8,14H2. The monoisotopic (exact) mass is 232 g/mol. The van der Waals surface area contributed by atoms with Crippen LogP contribution in [0, 0.1) is 5.92 Å². The zero-order valence-electron chi connectivity index (χ0n) is 9.63. The topological polar surface area (TPSA) is 55.6 Å². The van der Waals surface area contributed by atoms with Gasteiger partial charge in [0.1, 0.15) is 5.75 Å². The molecule has 0 aromatic heterocycles. The molecule has 0 spiro atoms. The normalized spacial score (nSPS) is 22.9. The lowest BCUT2D eigenvalue weighted by atomic mass is 9.99. The van der Waals surface area contributed by atoms with Gasteiger partial charge in [-0.15, -0.1) is 0 Å². The Morgan fingerprint density at radius 1 is 1.41 bits per heavy atom. The molecule has 0 aliphatic carbocycles. The van der Waals surface area contributed by atoms with Crippen LogP contribution in [-0.4, -0.2) is 36.5 Å². The third-order valence-electron chi connectivity index (χ3n) is 3.52. The van der Waals surface area contributed by atoms with Crippen molar-refractivity contribution in [3.63, 3.8) is 0 Å². The van der Waals surface area contributed by atoms with E-state index in [1.807, 2.05) is 29.2 Å². The fraction of sp³-hybridized carbons (Fsp3) is 0.462. The summed E-state index contributed by atoms with van der Waals surface area (Å²) in [6, 6.07) is 7.84. The first-order valence-electron chi connectivity index (χ1n) is 6.01. The van der Waals surface area contributed by atoms with Gasteiger partial charge in [-0.1, -0.05) is 18.2 Å². The number of hydrogen-bond donors (Lipinski definition) is 1. The second kappa shape index (κ2) is 4.04. The predicted octanol–water partition coefficient (Wildman–Crippen LogP) is 0.407. The Labute approximate surface area is 100 Å². The van der Waals surface area contributed by atoms with Crippen molar-refractivity contribution < 1.29 is 9.53 Å². The second-order valence-corrected chi connectivity index (χ2v) is 4.76. The van der Waals surface area contributed by atoms with Crippen molar-refractivity contribution in [2.45, 2.75) is 12.5 Å². The van der Waals surface area contributed by atoms with Gasteiger partial charge in [-0.25, -0.2) is 0 Å². The third kappa shape index (κ3) is 1.78.